The number of nitrogens with zero attached hydrogens (tertiary/aromatic N) is 2. The molecular formula is C33H36N6O7. The molecule has 0 unspecified atom stereocenters. The second-order valence-corrected chi connectivity index (χ2v) is 10.6. The molecule has 1 aliphatic carbocycles. The molecule has 0 bridgehead atoms. The average molecular weight is 629 g/mol. The smallest absolute Gasteiger partial charge is 0.243 e. The molecule has 4 aromatic rings. The molecule has 13 nitrogen and oxygen atoms in total. The second-order valence-electron chi connectivity index (χ2n) is 10.6. The van der Waals surface area contributed by atoms with Crippen LogP contribution in [0.3, 0.4) is 0 Å². The topological polar surface area (TPSA) is 166 Å². The van der Waals surface area contributed by atoms with Crippen LogP contribution in [-0.2, 0) is 27.4 Å². The fourth-order valence-corrected chi connectivity index (χ4v) is 5.56. The van der Waals surface area contributed by atoms with Crippen molar-refractivity contribution in [2.24, 2.45) is 0 Å². The lowest BCUT2D eigenvalue weighted by molar-refractivity contribution is -0.119. The van der Waals surface area contributed by atoms with Crippen LogP contribution in [0, 0.1) is 0 Å². The highest BCUT2D eigenvalue weighted by atomic mass is 16.5. The summed E-state index contributed by atoms with van der Waals surface area (Å²) >= 11 is 0. The van der Waals surface area contributed by atoms with Crippen molar-refractivity contribution in [2.75, 3.05) is 45.6 Å². The number of aryl methyl sites for hydroxylation is 1. The highest BCUT2D eigenvalue weighted by Gasteiger charge is 2.29. The number of fused-ring (bicyclic) bond motifs is 3. The minimum absolute atomic E-state index is 0.160. The third kappa shape index (κ3) is 6.79. The first kappa shape index (κ1) is 32.0. The monoisotopic (exact) mass is 628 g/mol. The molecule has 5 rings (SSSR count). The number of benzene rings is 2. The number of nitrogens with one attached hydrogen (secondary N) is 4. The van der Waals surface area contributed by atoms with Crippen molar-refractivity contribution in [1.29, 1.82) is 0 Å². The van der Waals surface area contributed by atoms with Gasteiger partial charge in [-0.1, -0.05) is 6.07 Å². The molecule has 0 fully saturated rings. The second kappa shape index (κ2) is 14.1. The molecular weight excluding hydrogens is 592 g/mol. The molecule has 46 heavy (non-hydrogen) atoms. The van der Waals surface area contributed by atoms with E-state index < -0.39 is 6.04 Å². The minimum atomic E-state index is -0.441. The summed E-state index contributed by atoms with van der Waals surface area (Å²) in [4.78, 5) is 42.9. The van der Waals surface area contributed by atoms with Crippen LogP contribution in [0.25, 0.3) is 22.5 Å². The quantitative estimate of drug-likeness (QED) is 0.192. The zero-order valence-corrected chi connectivity index (χ0v) is 26.3. The number of hydrogen-bond acceptors (Lipinski definition) is 10. The first-order valence-corrected chi connectivity index (χ1v) is 14.6. The van der Waals surface area contributed by atoms with Crippen molar-refractivity contribution in [3.05, 3.63) is 75.7 Å². The number of ether oxygens (including phenoxy) is 4. The van der Waals surface area contributed by atoms with Crippen LogP contribution in [-0.4, -0.2) is 62.0 Å². The first-order chi connectivity index (χ1) is 22.3. The van der Waals surface area contributed by atoms with Gasteiger partial charge >= 0.3 is 0 Å². The average Bonchev–Trinajstić information content (AvgIpc) is 3.39. The number of aromatic amines is 1. The number of anilines is 2. The highest BCUT2D eigenvalue weighted by Crippen LogP contribution is 2.50. The standard InChI is InChI=1S/C33H36N6O7/c1-18(40)35-24-12-8-20-14-27(44-3)31(45-4)32(46-5)30(20)22-11-13-25(26(41)15-23(22)24)34-16-29(42)36-21-9-6-19(7-10-21)33-37-28(17-43-2)38-39-33/h6-7,9-11,13-15,24H,8,12,16-17H2,1-5H3,(H,34,41)(H,35,40)(H,36,42)(H,37,38,39)/t24-/m1/s1. The maximum atomic E-state index is 13.5. The first-order valence-electron chi connectivity index (χ1n) is 14.6. The van der Waals surface area contributed by atoms with Crippen LogP contribution >= 0.6 is 0 Å². The normalized spacial score (nSPS) is 13.5. The van der Waals surface area contributed by atoms with Crippen LogP contribution in [0.4, 0.5) is 11.4 Å². The fraction of sp³-hybridized carbons (Fsp3) is 0.303. The zero-order chi connectivity index (χ0) is 32.8. The van der Waals surface area contributed by atoms with E-state index in [1.54, 1.807) is 57.7 Å². The Bertz CT molecular complexity index is 1810. The molecule has 3 aromatic carbocycles. The number of carbonyl (C=O) groups is 2. The molecule has 0 spiro atoms. The molecule has 13 heteroatoms. The van der Waals surface area contributed by atoms with E-state index in [4.69, 9.17) is 18.9 Å². The van der Waals surface area contributed by atoms with Crippen LogP contribution in [0.5, 0.6) is 17.2 Å². The van der Waals surface area contributed by atoms with Gasteiger partial charge in [0.05, 0.1) is 39.6 Å². The van der Waals surface area contributed by atoms with Crippen molar-refractivity contribution in [3.8, 4) is 39.8 Å². The maximum Gasteiger partial charge on any atom is 0.243 e. The highest BCUT2D eigenvalue weighted by molar-refractivity contribution is 5.94. The summed E-state index contributed by atoms with van der Waals surface area (Å²) in [5.74, 6) is 1.95. The molecule has 1 heterocycles. The van der Waals surface area contributed by atoms with Gasteiger partial charge in [0.2, 0.25) is 23.0 Å². The van der Waals surface area contributed by atoms with Crippen molar-refractivity contribution in [1.82, 2.24) is 20.5 Å². The van der Waals surface area contributed by atoms with Crippen molar-refractivity contribution in [3.63, 3.8) is 0 Å². The molecule has 240 valence electrons. The number of rotatable bonds is 11. The third-order valence-electron chi connectivity index (χ3n) is 7.60. The van der Waals surface area contributed by atoms with E-state index in [0.29, 0.717) is 65.2 Å². The van der Waals surface area contributed by atoms with E-state index in [1.165, 1.54) is 20.1 Å². The molecule has 2 amide bonds. The molecule has 0 aliphatic heterocycles. The Morgan fingerprint density at radius 3 is 2.41 bits per heavy atom. The largest absolute Gasteiger partial charge is 0.493 e. The molecule has 0 radical (unpaired) electrons. The van der Waals surface area contributed by atoms with E-state index >= 15 is 0 Å². The summed E-state index contributed by atoms with van der Waals surface area (Å²) in [6.07, 6.45) is 1.12. The number of methoxy groups -OCH3 is 4. The SMILES string of the molecule is COCc1nc(-c2ccc(NC(=O)CNc3ccc4c(cc3=O)[C@H](NC(C)=O)CCc3cc(OC)c(OC)c(OC)c3-4)cc2)n[nH]1. The zero-order valence-electron chi connectivity index (χ0n) is 26.3. The van der Waals surface area contributed by atoms with Crippen LogP contribution in [0.15, 0.2) is 53.3 Å². The predicted octanol–water partition coefficient (Wildman–Crippen LogP) is 3.85. The van der Waals surface area contributed by atoms with Crippen LogP contribution < -0.4 is 35.6 Å². The molecule has 0 saturated carbocycles. The van der Waals surface area contributed by atoms with Crippen molar-refractivity contribution in [2.45, 2.75) is 32.4 Å². The number of H-pyrrole nitrogens is 1. The third-order valence-corrected chi connectivity index (χ3v) is 7.60. The number of hydrogen-bond donors (Lipinski definition) is 4. The molecule has 4 N–H and O–H groups in total. The van der Waals surface area contributed by atoms with Crippen molar-refractivity contribution < 1.29 is 28.5 Å². The Labute approximate surface area is 265 Å². The van der Waals surface area contributed by atoms with Crippen molar-refractivity contribution >= 4 is 23.2 Å². The predicted molar refractivity (Wildman–Crippen MR) is 172 cm³/mol. The Hall–Kier alpha value is -5.43. The van der Waals surface area contributed by atoms with Gasteiger partial charge in [-0.2, -0.15) is 5.10 Å². The number of carbonyl (C=O) groups excluding carboxylic acids is 2. The Balaban J connectivity index is 1.40. The van der Waals surface area contributed by atoms with Gasteiger partial charge in [0.15, 0.2) is 23.1 Å². The van der Waals surface area contributed by atoms with Gasteiger partial charge in [-0.25, -0.2) is 4.98 Å². The maximum absolute atomic E-state index is 13.5. The summed E-state index contributed by atoms with van der Waals surface area (Å²) in [7, 11) is 6.20. The lowest BCUT2D eigenvalue weighted by Gasteiger charge is -2.19. The van der Waals surface area contributed by atoms with Gasteiger partial charge in [-0.05, 0) is 72.0 Å². The molecule has 1 atom stereocenters. The summed E-state index contributed by atoms with van der Waals surface area (Å²) in [6, 6.07) is 13.5. The van der Waals surface area contributed by atoms with E-state index in [0.717, 1.165) is 16.7 Å². The van der Waals surface area contributed by atoms with Gasteiger partial charge in [0.25, 0.3) is 0 Å². The number of amides is 2. The summed E-state index contributed by atoms with van der Waals surface area (Å²) in [5, 5.41) is 15.8. The van der Waals surface area contributed by atoms with Gasteiger partial charge in [-0.3, -0.25) is 19.5 Å². The van der Waals surface area contributed by atoms with Crippen LogP contribution in [0.2, 0.25) is 0 Å². The fourth-order valence-electron chi connectivity index (χ4n) is 5.56. The molecule has 1 aromatic heterocycles. The summed E-state index contributed by atoms with van der Waals surface area (Å²) in [5.41, 5.74) is 4.21. The number of aromatic nitrogens is 3. The van der Waals surface area contributed by atoms with Gasteiger partial charge in [0, 0.05) is 30.8 Å². The summed E-state index contributed by atoms with van der Waals surface area (Å²) in [6.45, 7) is 1.60. The minimum Gasteiger partial charge on any atom is -0.493 e. The van der Waals surface area contributed by atoms with E-state index in [9.17, 15) is 14.4 Å². The van der Waals surface area contributed by atoms with Gasteiger partial charge in [-0.15, -0.1) is 0 Å². The Morgan fingerprint density at radius 1 is 0.978 bits per heavy atom. The Morgan fingerprint density at radius 2 is 1.74 bits per heavy atom. The lowest BCUT2D eigenvalue weighted by atomic mass is 9.95. The van der Waals surface area contributed by atoms with E-state index in [-0.39, 0.29) is 29.5 Å². The summed E-state index contributed by atoms with van der Waals surface area (Å²) < 4.78 is 22.1. The van der Waals surface area contributed by atoms with E-state index in [2.05, 4.69) is 31.1 Å². The van der Waals surface area contributed by atoms with E-state index in [1.807, 2.05) is 6.07 Å². The van der Waals surface area contributed by atoms with Crippen LogP contribution in [0.1, 0.15) is 36.3 Å². The lowest BCUT2D eigenvalue weighted by Crippen LogP contribution is -2.27. The molecule has 1 aliphatic rings. The Kier molecular flexibility index (Phi) is 9.82. The van der Waals surface area contributed by atoms with Gasteiger partial charge < -0.3 is 34.9 Å². The molecule has 0 saturated heterocycles. The van der Waals surface area contributed by atoms with Gasteiger partial charge in [0.1, 0.15) is 6.61 Å².